The monoisotopic (exact) mass is 273 g/mol. The highest BCUT2D eigenvalue weighted by Gasteiger charge is 2.05. The number of nitrogen functional groups attached to an aromatic ring is 1. The molecule has 0 aliphatic heterocycles. The van der Waals surface area contributed by atoms with Crippen LogP contribution in [-0.4, -0.2) is 29.1 Å². The lowest BCUT2D eigenvalue weighted by Crippen LogP contribution is -2.13. The number of nitrogens with zero attached hydrogens (tertiary/aromatic N) is 2. The molecule has 0 bridgehead atoms. The topological polar surface area (TPSA) is 102 Å². The van der Waals surface area contributed by atoms with Crippen molar-refractivity contribution in [1.82, 2.24) is 9.97 Å². The fourth-order valence-electron chi connectivity index (χ4n) is 1.23. The molecule has 0 unspecified atom stereocenters. The predicted molar refractivity (Wildman–Crippen MR) is 69.2 cm³/mol. The van der Waals surface area contributed by atoms with Crippen molar-refractivity contribution in [3.05, 3.63) is 11.2 Å². The Morgan fingerprint density at radius 1 is 1.61 bits per heavy atom. The Kier molecular flexibility index (Phi) is 6.16. The van der Waals surface area contributed by atoms with E-state index in [1.54, 1.807) is 6.92 Å². The molecule has 18 heavy (non-hydrogen) atoms. The van der Waals surface area contributed by atoms with Gasteiger partial charge in [-0.25, -0.2) is 10.8 Å². The first-order chi connectivity index (χ1) is 8.67. The van der Waals surface area contributed by atoms with Crippen molar-refractivity contribution in [1.29, 1.82) is 0 Å². The van der Waals surface area contributed by atoms with Gasteiger partial charge >= 0.3 is 5.97 Å². The van der Waals surface area contributed by atoms with Crippen LogP contribution in [-0.2, 0) is 9.53 Å². The maximum absolute atomic E-state index is 11.1. The summed E-state index contributed by atoms with van der Waals surface area (Å²) in [6, 6.07) is 0. The molecule has 1 aromatic heterocycles. The molecule has 0 saturated heterocycles. The molecule has 0 aliphatic carbocycles. The highest BCUT2D eigenvalue weighted by Crippen LogP contribution is 2.18. The van der Waals surface area contributed by atoms with E-state index in [1.807, 2.05) is 0 Å². The number of hydrogen-bond acceptors (Lipinski definition) is 7. The van der Waals surface area contributed by atoms with Crippen molar-refractivity contribution in [3.8, 4) is 0 Å². The summed E-state index contributed by atoms with van der Waals surface area (Å²) in [5.74, 6) is 5.72. The van der Waals surface area contributed by atoms with Crippen LogP contribution in [0.25, 0.3) is 0 Å². The van der Waals surface area contributed by atoms with Crippen molar-refractivity contribution in [2.75, 3.05) is 23.9 Å². The molecule has 1 aromatic rings. The van der Waals surface area contributed by atoms with Crippen LogP contribution in [0.2, 0.25) is 5.02 Å². The number of carbonyl (C=O) groups excluding carboxylic acids is 1. The van der Waals surface area contributed by atoms with Gasteiger partial charge in [-0.2, -0.15) is 4.98 Å². The van der Waals surface area contributed by atoms with Gasteiger partial charge in [0.2, 0.25) is 5.95 Å². The average molecular weight is 274 g/mol. The minimum atomic E-state index is -0.211. The summed E-state index contributed by atoms with van der Waals surface area (Å²) < 4.78 is 4.81. The third kappa shape index (κ3) is 4.72. The Morgan fingerprint density at radius 2 is 2.39 bits per heavy atom. The van der Waals surface area contributed by atoms with E-state index in [4.69, 9.17) is 22.2 Å². The SMILES string of the molecule is CCOC(=O)CCCNc1nc(NN)ncc1Cl. The van der Waals surface area contributed by atoms with Gasteiger partial charge in [0.1, 0.15) is 5.02 Å². The Labute approximate surface area is 110 Å². The maximum Gasteiger partial charge on any atom is 0.305 e. The third-order valence-electron chi connectivity index (χ3n) is 2.03. The van der Waals surface area contributed by atoms with Crippen LogP contribution in [0.15, 0.2) is 6.20 Å². The van der Waals surface area contributed by atoms with Gasteiger partial charge in [0.05, 0.1) is 12.8 Å². The lowest BCUT2D eigenvalue weighted by atomic mass is 10.3. The van der Waals surface area contributed by atoms with Crippen LogP contribution >= 0.6 is 11.6 Å². The van der Waals surface area contributed by atoms with E-state index < -0.39 is 0 Å². The van der Waals surface area contributed by atoms with Crippen LogP contribution < -0.4 is 16.6 Å². The summed E-state index contributed by atoms with van der Waals surface area (Å²) in [7, 11) is 0. The number of hydrogen-bond donors (Lipinski definition) is 3. The molecule has 0 saturated carbocycles. The molecule has 0 amide bonds. The Hall–Kier alpha value is -1.60. The smallest absolute Gasteiger partial charge is 0.305 e. The van der Waals surface area contributed by atoms with Crippen molar-refractivity contribution >= 4 is 29.3 Å². The molecular formula is C10H16ClN5O2. The van der Waals surface area contributed by atoms with E-state index in [-0.39, 0.29) is 11.9 Å². The first-order valence-corrected chi connectivity index (χ1v) is 5.93. The van der Waals surface area contributed by atoms with Crippen LogP contribution in [0.1, 0.15) is 19.8 Å². The molecule has 100 valence electrons. The lowest BCUT2D eigenvalue weighted by molar-refractivity contribution is -0.143. The zero-order valence-corrected chi connectivity index (χ0v) is 10.8. The zero-order chi connectivity index (χ0) is 13.4. The number of hydrazine groups is 1. The summed E-state index contributed by atoms with van der Waals surface area (Å²) in [5.41, 5.74) is 2.32. The molecule has 0 atom stereocenters. The van der Waals surface area contributed by atoms with Crippen molar-refractivity contribution in [3.63, 3.8) is 0 Å². The summed E-state index contributed by atoms with van der Waals surface area (Å²) in [5, 5.41) is 3.39. The van der Waals surface area contributed by atoms with Crippen molar-refractivity contribution in [2.45, 2.75) is 19.8 Å². The molecule has 0 radical (unpaired) electrons. The van der Waals surface area contributed by atoms with Gasteiger partial charge in [0, 0.05) is 13.0 Å². The third-order valence-corrected chi connectivity index (χ3v) is 2.31. The number of ether oxygens (including phenoxy) is 1. The van der Waals surface area contributed by atoms with Gasteiger partial charge in [-0.05, 0) is 13.3 Å². The number of halogens is 1. The minimum absolute atomic E-state index is 0.211. The van der Waals surface area contributed by atoms with Gasteiger partial charge in [-0.1, -0.05) is 11.6 Å². The zero-order valence-electron chi connectivity index (χ0n) is 10.1. The fourth-order valence-corrected chi connectivity index (χ4v) is 1.39. The van der Waals surface area contributed by atoms with E-state index in [0.717, 1.165) is 0 Å². The van der Waals surface area contributed by atoms with Crippen LogP contribution in [0.4, 0.5) is 11.8 Å². The molecule has 0 aliphatic rings. The quantitative estimate of drug-likeness (QED) is 0.297. The predicted octanol–water partition coefficient (Wildman–Crippen LogP) is 1.17. The van der Waals surface area contributed by atoms with E-state index in [9.17, 15) is 4.79 Å². The second-order valence-corrected chi connectivity index (χ2v) is 3.78. The summed E-state index contributed by atoms with van der Waals surface area (Å²) >= 11 is 5.90. The molecule has 0 fully saturated rings. The van der Waals surface area contributed by atoms with Crippen molar-refractivity contribution in [2.24, 2.45) is 5.84 Å². The number of esters is 1. The van der Waals surface area contributed by atoms with Crippen LogP contribution in [0, 0.1) is 0 Å². The Morgan fingerprint density at radius 3 is 3.06 bits per heavy atom. The number of anilines is 2. The number of nitrogens with one attached hydrogen (secondary N) is 2. The summed E-state index contributed by atoms with van der Waals surface area (Å²) in [6.45, 7) is 2.73. The molecule has 1 heterocycles. The number of nitrogens with two attached hydrogens (primary N) is 1. The van der Waals surface area contributed by atoms with E-state index in [2.05, 4.69) is 20.7 Å². The minimum Gasteiger partial charge on any atom is -0.466 e. The molecular weight excluding hydrogens is 258 g/mol. The van der Waals surface area contributed by atoms with Gasteiger partial charge in [0.15, 0.2) is 5.82 Å². The van der Waals surface area contributed by atoms with E-state index in [1.165, 1.54) is 6.20 Å². The standard InChI is InChI=1S/C10H16ClN5O2/c1-2-18-8(17)4-3-5-13-9-7(11)6-14-10(15-9)16-12/h6H,2-5,12H2,1H3,(H2,13,14,15,16). The first kappa shape index (κ1) is 14.5. The lowest BCUT2D eigenvalue weighted by Gasteiger charge is -2.08. The molecule has 0 aromatic carbocycles. The number of rotatable bonds is 7. The molecule has 4 N–H and O–H groups in total. The molecule has 7 nitrogen and oxygen atoms in total. The normalized spacial score (nSPS) is 9.94. The van der Waals surface area contributed by atoms with E-state index in [0.29, 0.717) is 36.8 Å². The van der Waals surface area contributed by atoms with Gasteiger partial charge < -0.3 is 10.1 Å². The number of aromatic nitrogens is 2. The molecule has 1 rings (SSSR count). The van der Waals surface area contributed by atoms with Crippen molar-refractivity contribution < 1.29 is 9.53 Å². The van der Waals surface area contributed by atoms with Crippen LogP contribution in [0.3, 0.4) is 0 Å². The number of carbonyl (C=O) groups is 1. The molecule has 0 spiro atoms. The summed E-state index contributed by atoms with van der Waals surface area (Å²) in [6.07, 6.45) is 2.42. The van der Waals surface area contributed by atoms with Crippen LogP contribution in [0.5, 0.6) is 0 Å². The molecule has 8 heteroatoms. The summed E-state index contributed by atoms with van der Waals surface area (Å²) in [4.78, 5) is 19.0. The van der Waals surface area contributed by atoms with E-state index >= 15 is 0 Å². The van der Waals surface area contributed by atoms with Gasteiger partial charge in [-0.3, -0.25) is 10.2 Å². The largest absolute Gasteiger partial charge is 0.466 e. The fraction of sp³-hybridized carbons (Fsp3) is 0.500. The average Bonchev–Trinajstić information content (AvgIpc) is 2.37. The highest BCUT2D eigenvalue weighted by molar-refractivity contribution is 6.32. The van der Waals surface area contributed by atoms with Gasteiger partial charge in [0.25, 0.3) is 0 Å². The van der Waals surface area contributed by atoms with Gasteiger partial charge in [-0.15, -0.1) is 0 Å². The highest BCUT2D eigenvalue weighted by atomic mass is 35.5. The Bertz CT molecular complexity index is 402. The first-order valence-electron chi connectivity index (χ1n) is 5.56. The second-order valence-electron chi connectivity index (χ2n) is 3.37. The Balaban J connectivity index is 2.37. The maximum atomic E-state index is 11.1. The second kappa shape index (κ2) is 7.67.